The average molecular weight is 327 g/mol. The van der Waals surface area contributed by atoms with Gasteiger partial charge in [0, 0.05) is 19.3 Å². The van der Waals surface area contributed by atoms with Gasteiger partial charge in [0.15, 0.2) is 0 Å². The highest BCUT2D eigenvalue weighted by Crippen LogP contribution is 2.30. The van der Waals surface area contributed by atoms with Gasteiger partial charge in [-0.3, -0.25) is 9.78 Å². The van der Waals surface area contributed by atoms with Gasteiger partial charge in [0.1, 0.15) is 10.7 Å². The Labute approximate surface area is 138 Å². The number of pyridine rings is 1. The van der Waals surface area contributed by atoms with Gasteiger partial charge in [-0.05, 0) is 31.2 Å². The minimum absolute atomic E-state index is 0.0732. The quantitative estimate of drug-likeness (QED) is 0.782. The van der Waals surface area contributed by atoms with E-state index in [4.69, 9.17) is 4.74 Å². The summed E-state index contributed by atoms with van der Waals surface area (Å²) in [5.74, 6) is -0.170. The molecule has 3 aromatic rings. The number of amides is 1. The standard InChI is InChI=1S/C17H17N3O2S/c1-11(10-22-2)19-16(21)12-6-5-9-18-15(12)17-20-13-7-3-4-8-14(13)23-17/h3-9,11H,10H2,1-2H3,(H,19,21). The Bertz CT molecular complexity index is 798. The first-order chi connectivity index (χ1) is 11.2. The molecule has 6 heteroatoms. The summed E-state index contributed by atoms with van der Waals surface area (Å²) in [5.41, 5.74) is 2.04. The molecule has 1 N–H and O–H groups in total. The maximum atomic E-state index is 12.5. The van der Waals surface area contributed by atoms with Crippen LogP contribution in [0.3, 0.4) is 0 Å². The zero-order chi connectivity index (χ0) is 16.2. The number of fused-ring (bicyclic) bond motifs is 1. The third kappa shape index (κ3) is 3.38. The predicted octanol–water partition coefficient (Wildman–Crippen LogP) is 3.12. The highest BCUT2D eigenvalue weighted by molar-refractivity contribution is 7.21. The molecule has 23 heavy (non-hydrogen) atoms. The molecule has 2 aromatic heterocycles. The molecule has 5 nitrogen and oxygen atoms in total. The largest absolute Gasteiger partial charge is 0.383 e. The van der Waals surface area contributed by atoms with E-state index in [9.17, 15) is 4.79 Å². The Kier molecular flexibility index (Phi) is 4.64. The van der Waals surface area contributed by atoms with E-state index in [1.54, 1.807) is 25.4 Å². The van der Waals surface area contributed by atoms with Crippen LogP contribution in [0, 0.1) is 0 Å². The van der Waals surface area contributed by atoms with E-state index in [2.05, 4.69) is 15.3 Å². The van der Waals surface area contributed by atoms with Crippen LogP contribution in [0.2, 0.25) is 0 Å². The second kappa shape index (κ2) is 6.85. The number of hydrogen-bond donors (Lipinski definition) is 1. The van der Waals surface area contributed by atoms with Gasteiger partial charge < -0.3 is 10.1 Å². The molecule has 2 heterocycles. The summed E-state index contributed by atoms with van der Waals surface area (Å²) < 4.78 is 6.13. The number of para-hydroxylation sites is 1. The van der Waals surface area contributed by atoms with Gasteiger partial charge in [-0.25, -0.2) is 4.98 Å². The number of carbonyl (C=O) groups is 1. The van der Waals surface area contributed by atoms with Crippen molar-refractivity contribution in [2.45, 2.75) is 13.0 Å². The van der Waals surface area contributed by atoms with Crippen LogP contribution in [-0.4, -0.2) is 35.6 Å². The SMILES string of the molecule is COCC(C)NC(=O)c1cccnc1-c1nc2ccccc2s1. The van der Waals surface area contributed by atoms with Crippen molar-refractivity contribution in [2.75, 3.05) is 13.7 Å². The molecule has 0 spiro atoms. The molecular weight excluding hydrogens is 310 g/mol. The molecule has 118 valence electrons. The van der Waals surface area contributed by atoms with E-state index in [-0.39, 0.29) is 11.9 Å². The highest BCUT2D eigenvalue weighted by atomic mass is 32.1. The Morgan fingerprint density at radius 1 is 1.30 bits per heavy atom. The first-order valence-corrected chi connectivity index (χ1v) is 8.11. The predicted molar refractivity (Wildman–Crippen MR) is 91.7 cm³/mol. The fourth-order valence-electron chi connectivity index (χ4n) is 2.33. The lowest BCUT2D eigenvalue weighted by Crippen LogP contribution is -2.35. The second-order valence-electron chi connectivity index (χ2n) is 5.22. The lowest BCUT2D eigenvalue weighted by atomic mass is 10.1. The minimum atomic E-state index is -0.170. The number of ether oxygens (including phenoxy) is 1. The lowest BCUT2D eigenvalue weighted by Gasteiger charge is -2.13. The zero-order valence-electron chi connectivity index (χ0n) is 12.9. The zero-order valence-corrected chi connectivity index (χ0v) is 13.8. The summed E-state index contributed by atoms with van der Waals surface area (Å²) in [6, 6.07) is 11.3. The first kappa shape index (κ1) is 15.6. The number of benzene rings is 1. The molecule has 0 aliphatic rings. The van der Waals surface area contributed by atoms with Crippen LogP contribution in [-0.2, 0) is 4.74 Å². The van der Waals surface area contributed by atoms with Crippen molar-refractivity contribution in [2.24, 2.45) is 0 Å². The summed E-state index contributed by atoms with van der Waals surface area (Å²) in [6.07, 6.45) is 1.68. The van der Waals surface area contributed by atoms with Crippen LogP contribution < -0.4 is 5.32 Å². The Balaban J connectivity index is 1.95. The van der Waals surface area contributed by atoms with Crippen LogP contribution in [0.1, 0.15) is 17.3 Å². The Morgan fingerprint density at radius 3 is 2.91 bits per heavy atom. The minimum Gasteiger partial charge on any atom is -0.383 e. The van der Waals surface area contributed by atoms with Gasteiger partial charge in [-0.1, -0.05) is 12.1 Å². The molecule has 0 bridgehead atoms. The molecule has 1 aromatic carbocycles. The number of carbonyl (C=O) groups excluding carboxylic acids is 1. The van der Waals surface area contributed by atoms with Crippen molar-refractivity contribution in [3.05, 3.63) is 48.2 Å². The molecular formula is C17H17N3O2S. The third-order valence-electron chi connectivity index (χ3n) is 3.34. The molecule has 1 unspecified atom stereocenters. The summed E-state index contributed by atoms with van der Waals surface area (Å²) in [7, 11) is 1.61. The fourth-order valence-corrected chi connectivity index (χ4v) is 3.30. The number of hydrogen-bond acceptors (Lipinski definition) is 5. The number of nitrogens with zero attached hydrogens (tertiary/aromatic N) is 2. The molecule has 1 atom stereocenters. The number of thiazole rings is 1. The molecule has 0 radical (unpaired) electrons. The number of aromatic nitrogens is 2. The molecule has 3 rings (SSSR count). The van der Waals surface area contributed by atoms with Crippen molar-refractivity contribution >= 4 is 27.5 Å². The number of rotatable bonds is 5. The van der Waals surface area contributed by atoms with Crippen molar-refractivity contribution in [1.82, 2.24) is 15.3 Å². The van der Waals surface area contributed by atoms with Crippen LogP contribution in [0.5, 0.6) is 0 Å². The van der Waals surface area contributed by atoms with Crippen LogP contribution >= 0.6 is 11.3 Å². The summed E-state index contributed by atoms with van der Waals surface area (Å²) in [4.78, 5) is 21.5. The third-order valence-corrected chi connectivity index (χ3v) is 4.39. The van der Waals surface area contributed by atoms with Gasteiger partial charge in [0.25, 0.3) is 5.91 Å². The highest BCUT2D eigenvalue weighted by Gasteiger charge is 2.18. The molecule has 0 fully saturated rings. The first-order valence-electron chi connectivity index (χ1n) is 7.30. The Hall–Kier alpha value is -2.31. The monoisotopic (exact) mass is 327 g/mol. The average Bonchev–Trinajstić information content (AvgIpc) is 2.99. The number of nitrogens with one attached hydrogen (secondary N) is 1. The van der Waals surface area contributed by atoms with Gasteiger partial charge >= 0.3 is 0 Å². The smallest absolute Gasteiger partial charge is 0.253 e. The van der Waals surface area contributed by atoms with Gasteiger partial charge in [-0.15, -0.1) is 11.3 Å². The van der Waals surface area contributed by atoms with Gasteiger partial charge in [0.05, 0.1) is 22.4 Å². The van der Waals surface area contributed by atoms with Crippen molar-refractivity contribution < 1.29 is 9.53 Å². The molecule has 1 amide bonds. The van der Waals surface area contributed by atoms with Crippen LogP contribution in [0.15, 0.2) is 42.6 Å². The van der Waals surface area contributed by atoms with Crippen LogP contribution in [0.4, 0.5) is 0 Å². The van der Waals surface area contributed by atoms with E-state index in [0.29, 0.717) is 17.9 Å². The molecule has 0 saturated heterocycles. The topological polar surface area (TPSA) is 64.1 Å². The lowest BCUT2D eigenvalue weighted by molar-refractivity contribution is 0.0906. The van der Waals surface area contributed by atoms with Crippen molar-refractivity contribution in [1.29, 1.82) is 0 Å². The fraction of sp³-hybridized carbons (Fsp3) is 0.235. The van der Waals surface area contributed by atoms with E-state index < -0.39 is 0 Å². The van der Waals surface area contributed by atoms with E-state index in [0.717, 1.165) is 15.2 Å². The maximum Gasteiger partial charge on any atom is 0.253 e. The number of methoxy groups -OCH3 is 1. The van der Waals surface area contributed by atoms with Crippen molar-refractivity contribution in [3.8, 4) is 10.7 Å². The maximum absolute atomic E-state index is 12.5. The summed E-state index contributed by atoms with van der Waals surface area (Å²) >= 11 is 1.53. The van der Waals surface area contributed by atoms with E-state index in [1.807, 2.05) is 31.2 Å². The van der Waals surface area contributed by atoms with E-state index in [1.165, 1.54) is 11.3 Å². The summed E-state index contributed by atoms with van der Waals surface area (Å²) in [5, 5.41) is 3.66. The van der Waals surface area contributed by atoms with Crippen molar-refractivity contribution in [3.63, 3.8) is 0 Å². The van der Waals surface area contributed by atoms with E-state index >= 15 is 0 Å². The van der Waals surface area contributed by atoms with Crippen LogP contribution in [0.25, 0.3) is 20.9 Å². The summed E-state index contributed by atoms with van der Waals surface area (Å²) in [6.45, 7) is 2.36. The second-order valence-corrected chi connectivity index (χ2v) is 6.25. The molecule has 0 aliphatic heterocycles. The molecule has 0 aliphatic carbocycles. The normalized spacial score (nSPS) is 12.3. The Morgan fingerprint density at radius 2 is 2.13 bits per heavy atom. The van der Waals surface area contributed by atoms with Gasteiger partial charge in [-0.2, -0.15) is 0 Å². The molecule has 0 saturated carbocycles. The van der Waals surface area contributed by atoms with Gasteiger partial charge in [0.2, 0.25) is 0 Å².